The number of allylic oxidation sites excluding steroid dienone is 1. The van der Waals surface area contributed by atoms with Crippen LogP contribution in [0.25, 0.3) is 11.6 Å². The summed E-state index contributed by atoms with van der Waals surface area (Å²) in [5.74, 6) is -1.06. The van der Waals surface area contributed by atoms with E-state index < -0.39 is 15.8 Å². The van der Waals surface area contributed by atoms with Gasteiger partial charge in [-0.15, -0.1) is 0 Å². The van der Waals surface area contributed by atoms with Crippen molar-refractivity contribution in [1.29, 1.82) is 0 Å². The third-order valence-corrected chi connectivity index (χ3v) is 6.28. The maximum atomic E-state index is 12.9. The first-order chi connectivity index (χ1) is 14.6. The van der Waals surface area contributed by atoms with E-state index in [0.717, 1.165) is 0 Å². The van der Waals surface area contributed by atoms with Crippen LogP contribution in [-0.2, 0) is 10.0 Å². The highest BCUT2D eigenvalue weighted by atomic mass is 35.5. The highest BCUT2D eigenvalue weighted by Crippen LogP contribution is 2.38. The first kappa shape index (κ1) is 21.3. The van der Waals surface area contributed by atoms with Gasteiger partial charge >= 0.3 is 0 Å². The third kappa shape index (κ3) is 3.90. The van der Waals surface area contributed by atoms with Crippen molar-refractivity contribution in [3.63, 3.8) is 0 Å². The second kappa shape index (κ2) is 7.65. The van der Waals surface area contributed by atoms with Crippen LogP contribution in [0.3, 0.4) is 0 Å². The molecule has 0 bridgehead atoms. The standard InChI is InChI=1S/C21H14Cl2N2O5S/c22-12-4-5-14(15(23)9-12)20(27)21-19(24)18-16(26)7-11(8-17(18)30-21)10-2-1-3-13(6-10)31(25,28)29/h1-6,8-9H,7,24H2,(H2,25,28,29). The van der Waals surface area contributed by atoms with Crippen molar-refractivity contribution in [2.45, 2.75) is 11.3 Å². The van der Waals surface area contributed by atoms with Gasteiger partial charge in [0.2, 0.25) is 15.8 Å². The van der Waals surface area contributed by atoms with E-state index in [4.69, 9.17) is 38.5 Å². The van der Waals surface area contributed by atoms with Crippen LogP contribution in [-0.4, -0.2) is 20.0 Å². The van der Waals surface area contributed by atoms with E-state index >= 15 is 0 Å². The van der Waals surface area contributed by atoms with Crippen molar-refractivity contribution in [2.24, 2.45) is 5.14 Å². The number of nitrogens with two attached hydrogens (primary N) is 2. The van der Waals surface area contributed by atoms with Gasteiger partial charge in [0.25, 0.3) is 0 Å². The Morgan fingerprint density at radius 1 is 1.10 bits per heavy atom. The van der Waals surface area contributed by atoms with E-state index in [1.54, 1.807) is 12.1 Å². The number of Topliss-reactive ketones (excluding diaryl/α,β-unsaturated/α-hetero) is 1. The van der Waals surface area contributed by atoms with Gasteiger partial charge < -0.3 is 10.2 Å². The van der Waals surface area contributed by atoms with Gasteiger partial charge in [-0.2, -0.15) is 0 Å². The zero-order valence-electron chi connectivity index (χ0n) is 15.7. The predicted octanol–water partition coefficient (Wildman–Crippen LogP) is 4.17. The second-order valence-corrected chi connectivity index (χ2v) is 9.28. The van der Waals surface area contributed by atoms with Gasteiger partial charge in [-0.3, -0.25) is 9.59 Å². The molecule has 0 unspecified atom stereocenters. The van der Waals surface area contributed by atoms with Crippen LogP contribution < -0.4 is 10.9 Å². The lowest BCUT2D eigenvalue weighted by molar-refractivity contribution is 0.0991. The van der Waals surface area contributed by atoms with Gasteiger partial charge in [0.05, 0.1) is 21.2 Å². The van der Waals surface area contributed by atoms with Crippen molar-refractivity contribution in [3.05, 3.63) is 80.7 Å². The summed E-state index contributed by atoms with van der Waals surface area (Å²) in [5, 5.41) is 5.66. The monoisotopic (exact) mass is 476 g/mol. The molecule has 1 aliphatic carbocycles. The van der Waals surface area contributed by atoms with E-state index in [0.29, 0.717) is 16.2 Å². The van der Waals surface area contributed by atoms with Gasteiger partial charge in [-0.1, -0.05) is 35.3 Å². The predicted molar refractivity (Wildman–Crippen MR) is 118 cm³/mol. The molecule has 2 aromatic carbocycles. The maximum absolute atomic E-state index is 12.9. The van der Waals surface area contributed by atoms with Gasteiger partial charge in [-0.25, -0.2) is 13.6 Å². The number of sulfonamides is 1. The van der Waals surface area contributed by atoms with Crippen molar-refractivity contribution >= 4 is 62.1 Å². The molecule has 0 spiro atoms. The fraction of sp³-hybridized carbons (Fsp3) is 0.0476. The van der Waals surface area contributed by atoms with E-state index in [1.165, 1.54) is 36.4 Å². The van der Waals surface area contributed by atoms with Crippen LogP contribution in [0.2, 0.25) is 10.0 Å². The highest BCUT2D eigenvalue weighted by Gasteiger charge is 2.31. The molecule has 4 N–H and O–H groups in total. The molecule has 7 nitrogen and oxygen atoms in total. The molecule has 0 radical (unpaired) electrons. The number of hydrogen-bond donors (Lipinski definition) is 2. The smallest absolute Gasteiger partial charge is 0.238 e. The molecule has 31 heavy (non-hydrogen) atoms. The van der Waals surface area contributed by atoms with Crippen molar-refractivity contribution in [3.8, 4) is 0 Å². The van der Waals surface area contributed by atoms with Gasteiger partial charge in [-0.05, 0) is 47.5 Å². The SMILES string of the molecule is Nc1c(C(=O)c2ccc(Cl)cc2Cl)oc2c1C(=O)CC(c1cccc(S(N)(=O)=O)c1)=C2. The minimum atomic E-state index is -3.91. The van der Waals surface area contributed by atoms with Crippen LogP contribution in [0, 0.1) is 0 Å². The fourth-order valence-corrected chi connectivity index (χ4v) is 4.40. The van der Waals surface area contributed by atoms with Gasteiger partial charge in [0.15, 0.2) is 11.5 Å². The summed E-state index contributed by atoms with van der Waals surface area (Å²) in [4.78, 5) is 25.6. The zero-order valence-corrected chi connectivity index (χ0v) is 18.0. The van der Waals surface area contributed by atoms with Gasteiger partial charge in [0, 0.05) is 17.0 Å². The Hall–Kier alpha value is -2.91. The zero-order chi connectivity index (χ0) is 22.5. The molecule has 158 valence electrons. The lowest BCUT2D eigenvalue weighted by Crippen LogP contribution is -2.13. The Morgan fingerprint density at radius 2 is 1.84 bits per heavy atom. The van der Waals surface area contributed by atoms with Crippen molar-refractivity contribution < 1.29 is 22.4 Å². The number of hydrogen-bond acceptors (Lipinski definition) is 6. The fourth-order valence-electron chi connectivity index (χ4n) is 3.34. The normalized spacial score (nSPS) is 13.6. The summed E-state index contributed by atoms with van der Waals surface area (Å²) < 4.78 is 28.9. The Kier molecular flexibility index (Phi) is 5.26. The maximum Gasteiger partial charge on any atom is 0.238 e. The summed E-state index contributed by atoms with van der Waals surface area (Å²) in [7, 11) is -3.91. The Balaban J connectivity index is 1.79. The average Bonchev–Trinajstić information content (AvgIpc) is 3.04. The van der Waals surface area contributed by atoms with Crippen molar-refractivity contribution in [2.75, 3.05) is 5.73 Å². The van der Waals surface area contributed by atoms with Crippen LogP contribution >= 0.6 is 23.2 Å². The summed E-state index contributed by atoms with van der Waals surface area (Å²) in [6.07, 6.45) is 1.50. The lowest BCUT2D eigenvalue weighted by atomic mass is 9.90. The van der Waals surface area contributed by atoms with Crippen LogP contribution in [0.1, 0.15) is 44.2 Å². The highest BCUT2D eigenvalue weighted by molar-refractivity contribution is 7.89. The summed E-state index contributed by atoms with van der Waals surface area (Å²) >= 11 is 12.0. The molecular formula is C21H14Cl2N2O5S. The molecule has 1 heterocycles. The quantitative estimate of drug-likeness (QED) is 0.542. The van der Waals surface area contributed by atoms with Crippen LogP contribution in [0.15, 0.2) is 51.8 Å². The molecule has 0 saturated carbocycles. The largest absolute Gasteiger partial charge is 0.450 e. The number of ketones is 2. The number of furan rings is 1. The molecule has 4 rings (SSSR count). The first-order valence-corrected chi connectivity index (χ1v) is 11.2. The van der Waals surface area contributed by atoms with E-state index in [2.05, 4.69) is 0 Å². The summed E-state index contributed by atoms with van der Waals surface area (Å²) in [6, 6.07) is 10.2. The summed E-state index contributed by atoms with van der Waals surface area (Å²) in [6.45, 7) is 0. The number of fused-ring (bicyclic) bond motifs is 1. The van der Waals surface area contributed by atoms with E-state index in [9.17, 15) is 18.0 Å². The lowest BCUT2D eigenvalue weighted by Gasteiger charge is -2.13. The summed E-state index contributed by atoms with van der Waals surface area (Å²) in [5.41, 5.74) is 7.19. The van der Waals surface area contributed by atoms with E-state index in [1.807, 2.05) is 0 Å². The number of benzene rings is 2. The Bertz CT molecular complexity index is 1410. The Labute approximate surface area is 187 Å². The number of carbonyl (C=O) groups is 2. The average molecular weight is 477 g/mol. The number of primary sulfonamides is 1. The molecule has 0 aliphatic heterocycles. The number of halogens is 2. The Morgan fingerprint density at radius 3 is 2.52 bits per heavy atom. The van der Waals surface area contributed by atoms with Crippen LogP contribution in [0.5, 0.6) is 0 Å². The second-order valence-electron chi connectivity index (χ2n) is 6.88. The number of rotatable bonds is 4. The molecule has 10 heteroatoms. The first-order valence-electron chi connectivity index (χ1n) is 8.85. The molecule has 0 atom stereocenters. The van der Waals surface area contributed by atoms with Gasteiger partial charge in [0.1, 0.15) is 5.76 Å². The molecule has 0 amide bonds. The third-order valence-electron chi connectivity index (χ3n) is 4.82. The number of nitrogen functional groups attached to an aromatic ring is 1. The molecule has 1 aromatic heterocycles. The molecule has 3 aromatic rings. The van der Waals surface area contributed by atoms with E-state index in [-0.39, 0.29) is 50.5 Å². The molecular weight excluding hydrogens is 463 g/mol. The molecule has 0 saturated heterocycles. The molecule has 0 fully saturated rings. The topological polar surface area (TPSA) is 133 Å². The molecule has 1 aliphatic rings. The number of anilines is 1. The minimum absolute atomic E-state index is 0.0554. The number of carbonyl (C=O) groups excluding carboxylic acids is 2. The minimum Gasteiger partial charge on any atom is -0.450 e. The van der Waals surface area contributed by atoms with Crippen molar-refractivity contribution in [1.82, 2.24) is 0 Å². The van der Waals surface area contributed by atoms with Crippen LogP contribution in [0.4, 0.5) is 5.69 Å².